The Morgan fingerprint density at radius 1 is 1.22 bits per heavy atom. The van der Waals surface area contributed by atoms with E-state index in [2.05, 4.69) is 10.3 Å². The first kappa shape index (κ1) is 23.4. The number of carbonyl (C=O) groups excluding carboxylic acids is 1. The van der Waals surface area contributed by atoms with Gasteiger partial charge < -0.3 is 10.1 Å². The zero-order valence-electron chi connectivity index (χ0n) is 16.5. The Balaban J connectivity index is 1.92. The maximum Gasteiger partial charge on any atom is 0.417 e. The average Bonchev–Trinajstić information content (AvgIpc) is 2.76. The molecule has 0 saturated carbocycles. The van der Waals surface area contributed by atoms with Crippen LogP contribution in [0.25, 0.3) is 11.3 Å². The minimum Gasteiger partial charge on any atom is -0.497 e. The molecule has 0 aliphatic carbocycles. The van der Waals surface area contributed by atoms with Crippen molar-refractivity contribution >= 4 is 35.0 Å². The van der Waals surface area contributed by atoms with E-state index < -0.39 is 23.2 Å². The van der Waals surface area contributed by atoms with Crippen LogP contribution in [0.15, 0.2) is 59.6 Å². The van der Waals surface area contributed by atoms with Gasteiger partial charge in [0.05, 0.1) is 29.7 Å². The Hall–Kier alpha value is -3.22. The van der Waals surface area contributed by atoms with Crippen molar-refractivity contribution in [2.75, 3.05) is 18.2 Å². The normalized spacial score (nSPS) is 11.0. The van der Waals surface area contributed by atoms with E-state index in [9.17, 15) is 23.2 Å². The second-order valence-corrected chi connectivity index (χ2v) is 7.82. The van der Waals surface area contributed by atoms with Gasteiger partial charge in [0, 0.05) is 16.3 Å². The van der Waals surface area contributed by atoms with Gasteiger partial charge in [0.1, 0.15) is 16.8 Å². The molecule has 0 fully saturated rings. The van der Waals surface area contributed by atoms with Crippen molar-refractivity contribution in [1.29, 1.82) is 5.26 Å². The first-order valence-corrected chi connectivity index (χ1v) is 10.4. The molecule has 0 aliphatic heterocycles. The molecule has 1 N–H and O–H groups in total. The van der Waals surface area contributed by atoms with Crippen LogP contribution in [0.1, 0.15) is 11.1 Å². The fraction of sp³-hybridized carbons (Fsp3) is 0.136. The number of alkyl halides is 3. The molecule has 0 saturated heterocycles. The lowest BCUT2D eigenvalue weighted by molar-refractivity contribution is -0.138. The fourth-order valence-electron chi connectivity index (χ4n) is 2.76. The maximum absolute atomic E-state index is 13.7. The van der Waals surface area contributed by atoms with E-state index in [0.717, 1.165) is 17.8 Å². The van der Waals surface area contributed by atoms with Crippen LogP contribution in [0, 0.1) is 11.3 Å². The molecule has 1 aromatic heterocycles. The molecule has 0 radical (unpaired) electrons. The molecule has 1 heterocycles. The molecule has 32 heavy (non-hydrogen) atoms. The van der Waals surface area contributed by atoms with Crippen LogP contribution in [0.2, 0.25) is 5.02 Å². The molecular weight excluding hydrogens is 463 g/mol. The SMILES string of the molecule is COc1ccc(-c2cc(C(F)(F)F)c(C#N)c(SCC(=O)Nc3cccc(Cl)c3)n2)cc1. The largest absolute Gasteiger partial charge is 0.497 e. The minimum atomic E-state index is -4.77. The number of nitriles is 1. The van der Waals surface area contributed by atoms with Gasteiger partial charge in [0.25, 0.3) is 0 Å². The number of pyridine rings is 1. The average molecular weight is 478 g/mol. The molecule has 10 heteroatoms. The van der Waals surface area contributed by atoms with Crippen molar-refractivity contribution in [2.24, 2.45) is 0 Å². The standard InChI is InChI=1S/C22H15ClF3N3O2S/c1-31-16-7-5-13(6-8-16)19-10-18(22(24,25)26)17(11-27)21(29-19)32-12-20(30)28-15-4-2-3-14(23)9-15/h2-10H,12H2,1H3,(H,28,30). The van der Waals surface area contributed by atoms with E-state index in [1.54, 1.807) is 48.5 Å². The predicted octanol–water partition coefficient (Wildman–Crippen LogP) is 6.03. The van der Waals surface area contributed by atoms with Gasteiger partial charge in [-0.1, -0.05) is 29.4 Å². The Morgan fingerprint density at radius 2 is 1.94 bits per heavy atom. The summed E-state index contributed by atoms with van der Waals surface area (Å²) < 4.78 is 46.0. The number of hydrogen-bond donors (Lipinski definition) is 1. The van der Waals surface area contributed by atoms with Crippen LogP contribution in [0.3, 0.4) is 0 Å². The number of aromatic nitrogens is 1. The van der Waals surface area contributed by atoms with E-state index in [1.807, 2.05) is 0 Å². The van der Waals surface area contributed by atoms with Crippen LogP contribution in [-0.4, -0.2) is 23.8 Å². The number of hydrogen-bond acceptors (Lipinski definition) is 5. The highest BCUT2D eigenvalue weighted by molar-refractivity contribution is 8.00. The topological polar surface area (TPSA) is 75.0 Å². The highest BCUT2D eigenvalue weighted by atomic mass is 35.5. The van der Waals surface area contributed by atoms with Crippen molar-refractivity contribution in [3.8, 4) is 23.1 Å². The quantitative estimate of drug-likeness (QED) is 0.438. The molecule has 2 aromatic carbocycles. The van der Waals surface area contributed by atoms with Gasteiger partial charge in [-0.15, -0.1) is 0 Å². The lowest BCUT2D eigenvalue weighted by atomic mass is 10.1. The summed E-state index contributed by atoms with van der Waals surface area (Å²) >= 11 is 6.63. The molecule has 3 aromatic rings. The van der Waals surface area contributed by atoms with E-state index in [0.29, 0.717) is 22.0 Å². The summed E-state index contributed by atoms with van der Waals surface area (Å²) in [6.45, 7) is 0. The summed E-state index contributed by atoms with van der Waals surface area (Å²) in [5.41, 5.74) is -0.865. The summed E-state index contributed by atoms with van der Waals surface area (Å²) in [6.07, 6.45) is -4.77. The van der Waals surface area contributed by atoms with Crippen LogP contribution < -0.4 is 10.1 Å². The second-order valence-electron chi connectivity index (χ2n) is 6.42. The number of ether oxygens (including phenoxy) is 1. The van der Waals surface area contributed by atoms with E-state index in [1.165, 1.54) is 13.2 Å². The highest BCUT2D eigenvalue weighted by Crippen LogP contribution is 2.38. The van der Waals surface area contributed by atoms with Crippen molar-refractivity contribution in [1.82, 2.24) is 4.98 Å². The number of methoxy groups -OCH3 is 1. The van der Waals surface area contributed by atoms with Gasteiger partial charge in [0.15, 0.2) is 0 Å². The third-order valence-corrected chi connectivity index (χ3v) is 5.45. The van der Waals surface area contributed by atoms with Gasteiger partial charge in [-0.25, -0.2) is 4.98 Å². The number of benzene rings is 2. The molecular formula is C22H15ClF3N3O2S. The molecule has 5 nitrogen and oxygen atoms in total. The zero-order chi connectivity index (χ0) is 23.3. The second kappa shape index (κ2) is 9.94. The van der Waals surface area contributed by atoms with E-state index >= 15 is 0 Å². The van der Waals surface area contributed by atoms with Gasteiger partial charge in [-0.3, -0.25) is 4.79 Å². The number of rotatable bonds is 6. The van der Waals surface area contributed by atoms with Gasteiger partial charge in [-0.05, 0) is 48.5 Å². The number of amides is 1. The number of nitrogens with one attached hydrogen (secondary N) is 1. The molecule has 0 spiro atoms. The third-order valence-electron chi connectivity index (χ3n) is 4.24. The summed E-state index contributed by atoms with van der Waals surface area (Å²) in [7, 11) is 1.47. The number of nitrogens with zero attached hydrogens (tertiary/aromatic N) is 2. The Kier molecular flexibility index (Phi) is 7.28. The first-order chi connectivity index (χ1) is 15.2. The number of halogens is 4. The van der Waals surface area contributed by atoms with Gasteiger partial charge >= 0.3 is 6.18 Å². The molecule has 3 rings (SSSR count). The van der Waals surface area contributed by atoms with E-state index in [4.69, 9.17) is 16.3 Å². The molecule has 0 bridgehead atoms. The molecule has 164 valence electrons. The predicted molar refractivity (Wildman–Crippen MR) is 117 cm³/mol. The third kappa shape index (κ3) is 5.72. The summed E-state index contributed by atoms with van der Waals surface area (Å²) in [6, 6.07) is 15.2. The smallest absolute Gasteiger partial charge is 0.417 e. The number of carbonyl (C=O) groups is 1. The lowest BCUT2D eigenvalue weighted by Gasteiger charge is -2.14. The van der Waals surface area contributed by atoms with Crippen molar-refractivity contribution < 1.29 is 22.7 Å². The van der Waals surface area contributed by atoms with Gasteiger partial charge in [-0.2, -0.15) is 18.4 Å². The Morgan fingerprint density at radius 3 is 2.53 bits per heavy atom. The summed E-state index contributed by atoms with van der Waals surface area (Å²) in [4.78, 5) is 16.5. The molecule has 0 atom stereocenters. The van der Waals surface area contributed by atoms with Crippen molar-refractivity contribution in [2.45, 2.75) is 11.2 Å². The number of thioether (sulfide) groups is 1. The van der Waals surface area contributed by atoms with Crippen molar-refractivity contribution in [3.63, 3.8) is 0 Å². The van der Waals surface area contributed by atoms with Crippen LogP contribution >= 0.6 is 23.4 Å². The molecule has 0 unspecified atom stereocenters. The maximum atomic E-state index is 13.7. The zero-order valence-corrected chi connectivity index (χ0v) is 18.1. The van der Waals surface area contributed by atoms with Crippen LogP contribution in [0.5, 0.6) is 5.75 Å². The minimum absolute atomic E-state index is 0.0247. The molecule has 0 aliphatic rings. The van der Waals surface area contributed by atoms with Crippen LogP contribution in [0.4, 0.5) is 18.9 Å². The first-order valence-electron chi connectivity index (χ1n) is 9.06. The van der Waals surface area contributed by atoms with Crippen molar-refractivity contribution in [3.05, 3.63) is 70.7 Å². The van der Waals surface area contributed by atoms with E-state index in [-0.39, 0.29) is 16.5 Å². The monoisotopic (exact) mass is 477 g/mol. The highest BCUT2D eigenvalue weighted by Gasteiger charge is 2.36. The number of anilines is 1. The summed E-state index contributed by atoms with van der Waals surface area (Å²) in [5.74, 6) is -0.200. The fourth-order valence-corrected chi connectivity index (χ4v) is 3.76. The lowest BCUT2D eigenvalue weighted by Crippen LogP contribution is -2.15. The van der Waals surface area contributed by atoms with Crippen LogP contribution in [-0.2, 0) is 11.0 Å². The molecule has 1 amide bonds. The van der Waals surface area contributed by atoms with Gasteiger partial charge in [0.2, 0.25) is 5.91 Å². The Labute approximate surface area is 191 Å². The summed E-state index contributed by atoms with van der Waals surface area (Å²) in [5, 5.41) is 12.2. The Bertz CT molecular complexity index is 1180.